The first-order chi connectivity index (χ1) is 14.4. The van der Waals surface area contributed by atoms with Gasteiger partial charge in [-0.15, -0.1) is 0 Å². The summed E-state index contributed by atoms with van der Waals surface area (Å²) in [7, 11) is -3.44. The number of sulfonamides is 1. The van der Waals surface area contributed by atoms with Gasteiger partial charge in [-0.25, -0.2) is 8.42 Å². The van der Waals surface area contributed by atoms with Crippen LogP contribution in [0.1, 0.15) is 22.6 Å². The molecule has 3 atom stereocenters. The molecule has 4 nitrogen and oxygen atoms in total. The Morgan fingerprint density at radius 1 is 0.733 bits per heavy atom. The molecule has 0 spiro atoms. The minimum atomic E-state index is -3.44. The van der Waals surface area contributed by atoms with E-state index < -0.39 is 10.0 Å². The third-order valence-corrected chi connectivity index (χ3v) is 8.28. The summed E-state index contributed by atoms with van der Waals surface area (Å²) in [5, 5.41) is 3.54. The minimum absolute atomic E-state index is 0.161. The topological polar surface area (TPSA) is 49.4 Å². The highest BCUT2D eigenvalue weighted by Gasteiger charge is 2.49. The van der Waals surface area contributed by atoms with Crippen LogP contribution in [0.5, 0.6) is 0 Å². The molecule has 3 fully saturated rings. The first-order valence-corrected chi connectivity index (χ1v) is 11.9. The molecule has 3 aliphatic rings. The molecule has 1 unspecified atom stereocenters. The van der Waals surface area contributed by atoms with Crippen LogP contribution in [-0.4, -0.2) is 37.9 Å². The summed E-state index contributed by atoms with van der Waals surface area (Å²) in [4.78, 5) is 0.383. The summed E-state index contributed by atoms with van der Waals surface area (Å²) in [5.41, 5.74) is 6.03. The smallest absolute Gasteiger partial charge is 0.243 e. The summed E-state index contributed by atoms with van der Waals surface area (Å²) < 4.78 is 27.7. The van der Waals surface area contributed by atoms with Crippen molar-refractivity contribution in [2.75, 3.05) is 13.1 Å². The van der Waals surface area contributed by atoms with Crippen molar-refractivity contribution in [2.24, 2.45) is 0 Å². The Morgan fingerprint density at radius 3 is 1.73 bits per heavy atom. The third kappa shape index (κ3) is 3.37. The number of benzene rings is 3. The highest BCUT2D eigenvalue weighted by molar-refractivity contribution is 7.89. The van der Waals surface area contributed by atoms with E-state index >= 15 is 0 Å². The summed E-state index contributed by atoms with van der Waals surface area (Å²) >= 11 is 0. The first kappa shape index (κ1) is 19.5. The van der Waals surface area contributed by atoms with Crippen LogP contribution in [0.15, 0.2) is 77.7 Å². The Hall–Kier alpha value is -2.47. The molecule has 0 saturated carbocycles. The molecule has 3 aromatic carbocycles. The fourth-order valence-electron chi connectivity index (χ4n) is 4.65. The molecule has 0 amide bonds. The second-order valence-corrected chi connectivity index (χ2v) is 10.5. The van der Waals surface area contributed by atoms with Gasteiger partial charge in [-0.3, -0.25) is 0 Å². The molecule has 3 aliphatic heterocycles. The molecule has 5 heteroatoms. The van der Waals surface area contributed by atoms with Crippen LogP contribution < -0.4 is 5.32 Å². The molecule has 1 N–H and O–H groups in total. The zero-order chi connectivity index (χ0) is 20.9. The van der Waals surface area contributed by atoms with Gasteiger partial charge in [0.15, 0.2) is 0 Å². The molecular formula is C25H26N2O2S. The maximum absolute atomic E-state index is 13.0. The van der Waals surface area contributed by atoms with Crippen LogP contribution in [0.2, 0.25) is 0 Å². The molecule has 0 aromatic heterocycles. The lowest BCUT2D eigenvalue weighted by Crippen LogP contribution is -2.72. The van der Waals surface area contributed by atoms with Crippen molar-refractivity contribution in [1.29, 1.82) is 0 Å². The fourth-order valence-corrected chi connectivity index (χ4v) is 6.15. The average molecular weight is 419 g/mol. The van der Waals surface area contributed by atoms with Crippen molar-refractivity contribution in [3.05, 3.63) is 89.5 Å². The number of nitrogens with zero attached hydrogens (tertiary/aromatic N) is 1. The van der Waals surface area contributed by atoms with Gasteiger partial charge in [0.05, 0.1) is 4.90 Å². The Balaban J connectivity index is 1.31. The van der Waals surface area contributed by atoms with Gasteiger partial charge in [-0.05, 0) is 42.7 Å². The zero-order valence-electron chi connectivity index (χ0n) is 17.2. The van der Waals surface area contributed by atoms with E-state index in [4.69, 9.17) is 0 Å². The van der Waals surface area contributed by atoms with E-state index in [1.54, 1.807) is 16.4 Å². The monoisotopic (exact) mass is 418 g/mol. The van der Waals surface area contributed by atoms with Crippen LogP contribution in [0, 0.1) is 13.8 Å². The van der Waals surface area contributed by atoms with Gasteiger partial charge in [0.1, 0.15) is 0 Å². The molecule has 2 bridgehead atoms. The lowest BCUT2D eigenvalue weighted by atomic mass is 9.75. The predicted octanol–water partition coefficient (Wildman–Crippen LogP) is 4.10. The molecule has 0 aliphatic carbocycles. The van der Waals surface area contributed by atoms with E-state index in [2.05, 4.69) is 60.8 Å². The molecular weight excluding hydrogens is 392 g/mol. The molecule has 30 heavy (non-hydrogen) atoms. The van der Waals surface area contributed by atoms with Gasteiger partial charge in [-0.2, -0.15) is 4.31 Å². The standard InChI is InChI=1S/C25H26N2O2S/c1-17-3-7-19(8-4-17)20-9-11-21(12-10-20)25-23-15-27(16-24(25)26-23)30(28,29)22-13-5-18(2)6-14-22/h3-14,23-26H,15-16H2,1-2H3/t23-,24+,25?. The van der Waals surface area contributed by atoms with Gasteiger partial charge in [0.25, 0.3) is 0 Å². The number of fused-ring (bicyclic) bond motifs is 2. The number of piperazine rings is 1. The number of piperidine rings is 1. The van der Waals surface area contributed by atoms with Gasteiger partial charge >= 0.3 is 0 Å². The second kappa shape index (κ2) is 7.34. The van der Waals surface area contributed by atoms with Crippen molar-refractivity contribution >= 4 is 10.0 Å². The van der Waals surface area contributed by atoms with E-state index in [0.717, 1.165) is 5.56 Å². The highest BCUT2D eigenvalue weighted by atomic mass is 32.2. The van der Waals surface area contributed by atoms with E-state index in [-0.39, 0.29) is 12.1 Å². The van der Waals surface area contributed by atoms with Crippen LogP contribution in [0.3, 0.4) is 0 Å². The maximum Gasteiger partial charge on any atom is 0.243 e. The highest BCUT2D eigenvalue weighted by Crippen LogP contribution is 2.39. The van der Waals surface area contributed by atoms with Gasteiger partial charge in [0.2, 0.25) is 10.0 Å². The SMILES string of the molecule is Cc1ccc(-c2ccc(C3[C@@H]4CN(S(=O)(=O)c5ccc(C)cc5)C[C@H]3N4)cc2)cc1. The van der Waals surface area contributed by atoms with E-state index in [1.165, 1.54) is 22.3 Å². The lowest BCUT2D eigenvalue weighted by Gasteiger charge is -2.54. The molecule has 154 valence electrons. The summed E-state index contributed by atoms with van der Waals surface area (Å²) in [5.74, 6) is 0.363. The minimum Gasteiger partial charge on any atom is -0.307 e. The van der Waals surface area contributed by atoms with E-state index in [0.29, 0.717) is 23.9 Å². The van der Waals surface area contributed by atoms with E-state index in [1.807, 2.05) is 19.1 Å². The Bertz CT molecular complexity index is 1140. The maximum atomic E-state index is 13.0. The zero-order valence-corrected chi connectivity index (χ0v) is 18.1. The van der Waals surface area contributed by atoms with Crippen LogP contribution >= 0.6 is 0 Å². The van der Waals surface area contributed by atoms with Crippen LogP contribution in [0.25, 0.3) is 11.1 Å². The number of hydrogen-bond acceptors (Lipinski definition) is 3. The molecule has 3 heterocycles. The third-order valence-electron chi connectivity index (χ3n) is 6.44. The normalized spacial score (nSPS) is 23.7. The number of aryl methyl sites for hydroxylation is 2. The summed E-state index contributed by atoms with van der Waals surface area (Å²) in [6.45, 7) is 5.08. The van der Waals surface area contributed by atoms with Crippen LogP contribution in [-0.2, 0) is 10.0 Å². The Kier molecular flexibility index (Phi) is 4.77. The molecule has 3 aromatic rings. The second-order valence-electron chi connectivity index (χ2n) is 8.53. The van der Waals surface area contributed by atoms with Crippen molar-refractivity contribution in [3.8, 4) is 11.1 Å². The predicted molar refractivity (Wildman–Crippen MR) is 120 cm³/mol. The Labute approximate surface area is 178 Å². The molecule has 0 radical (unpaired) electrons. The van der Waals surface area contributed by atoms with Crippen molar-refractivity contribution in [3.63, 3.8) is 0 Å². The lowest BCUT2D eigenvalue weighted by molar-refractivity contribution is 0.102. The van der Waals surface area contributed by atoms with Gasteiger partial charge in [-0.1, -0.05) is 71.8 Å². The summed E-state index contributed by atoms with van der Waals surface area (Å²) in [6, 6.07) is 24.8. The first-order valence-electron chi connectivity index (χ1n) is 10.4. The van der Waals surface area contributed by atoms with Gasteiger partial charge < -0.3 is 5.32 Å². The van der Waals surface area contributed by atoms with Gasteiger partial charge in [0, 0.05) is 31.1 Å². The summed E-state index contributed by atoms with van der Waals surface area (Å²) in [6.07, 6.45) is 0. The van der Waals surface area contributed by atoms with E-state index in [9.17, 15) is 8.42 Å². The number of rotatable bonds is 4. The average Bonchev–Trinajstić information content (AvgIpc) is 2.75. The number of hydrogen-bond donors (Lipinski definition) is 1. The fraction of sp³-hybridized carbons (Fsp3) is 0.280. The van der Waals surface area contributed by atoms with Crippen LogP contribution in [0.4, 0.5) is 0 Å². The molecule has 3 saturated heterocycles. The largest absolute Gasteiger partial charge is 0.307 e. The quantitative estimate of drug-likeness (QED) is 0.694. The van der Waals surface area contributed by atoms with Crippen molar-refractivity contribution < 1.29 is 8.42 Å². The molecule has 6 rings (SSSR count). The van der Waals surface area contributed by atoms with Crippen molar-refractivity contribution in [1.82, 2.24) is 9.62 Å². The Morgan fingerprint density at radius 2 is 1.20 bits per heavy atom. The van der Waals surface area contributed by atoms with Crippen molar-refractivity contribution in [2.45, 2.75) is 36.7 Å². The number of nitrogens with one attached hydrogen (secondary N) is 1.